The molecule has 0 aliphatic carbocycles. The maximum atomic E-state index is 12.7. The number of nitrogens with one attached hydrogen (secondary N) is 2. The van der Waals surface area contributed by atoms with E-state index in [0.717, 1.165) is 6.34 Å². The molecule has 0 aliphatic rings. The van der Waals surface area contributed by atoms with Crippen LogP contribution in [0.4, 0.5) is 10.2 Å². The Morgan fingerprint density at radius 2 is 2.42 bits per heavy atom. The van der Waals surface area contributed by atoms with Crippen LogP contribution in [-0.4, -0.2) is 11.3 Å². The van der Waals surface area contributed by atoms with Crippen molar-refractivity contribution in [2.24, 2.45) is 0 Å². The van der Waals surface area contributed by atoms with Gasteiger partial charge in [0, 0.05) is 0 Å². The molecule has 0 saturated heterocycles. The minimum atomic E-state index is -0.598. The van der Waals surface area contributed by atoms with Crippen LogP contribution in [0.25, 0.3) is 0 Å². The third-order valence-corrected chi connectivity index (χ3v) is 1.97. The Bertz CT molecular complexity index is 318. The van der Waals surface area contributed by atoms with Crippen LogP contribution in [0.3, 0.4) is 0 Å². The summed E-state index contributed by atoms with van der Waals surface area (Å²) >= 11 is 8.45. The van der Waals surface area contributed by atoms with Gasteiger partial charge in [-0.15, -0.1) is 0 Å². The van der Waals surface area contributed by atoms with E-state index in [1.807, 2.05) is 0 Å². The summed E-state index contributed by atoms with van der Waals surface area (Å²) in [7, 11) is 0. The van der Waals surface area contributed by atoms with Gasteiger partial charge in [0.05, 0.1) is 10.8 Å². The summed E-state index contributed by atoms with van der Waals surface area (Å²) < 4.78 is 13.1. The number of nitrogens with zero attached hydrogens (tertiary/aromatic N) is 1. The number of hydrogen-bond acceptors (Lipinski definition) is 2. The molecule has 0 aliphatic heterocycles. The van der Waals surface area contributed by atoms with Crippen LogP contribution in [-0.2, 0) is 0 Å². The zero-order chi connectivity index (χ0) is 9.14. The lowest BCUT2D eigenvalue weighted by Crippen LogP contribution is -1.98. The smallest absolute Gasteiger partial charge is 0.167 e. The van der Waals surface area contributed by atoms with Crippen LogP contribution in [0, 0.1) is 11.2 Å². The van der Waals surface area contributed by atoms with E-state index in [1.54, 1.807) is 0 Å². The van der Waals surface area contributed by atoms with E-state index in [2.05, 4.69) is 26.2 Å². The number of hydrogen-bond donors (Lipinski definition) is 2. The monoisotopic (exact) mass is 251 g/mol. The van der Waals surface area contributed by atoms with E-state index in [9.17, 15) is 4.39 Å². The molecular formula is C6H4BrClFN3. The Kier molecular flexibility index (Phi) is 2.99. The van der Waals surface area contributed by atoms with E-state index in [1.165, 1.54) is 6.07 Å². The number of pyridine rings is 1. The number of rotatable bonds is 2. The van der Waals surface area contributed by atoms with Gasteiger partial charge in [-0.2, -0.15) is 0 Å². The summed E-state index contributed by atoms with van der Waals surface area (Å²) in [6, 6.07) is 1.18. The van der Waals surface area contributed by atoms with Crippen LogP contribution < -0.4 is 5.32 Å². The lowest BCUT2D eigenvalue weighted by atomic mass is 10.4. The van der Waals surface area contributed by atoms with E-state index >= 15 is 0 Å². The first-order valence-corrected chi connectivity index (χ1v) is 4.09. The molecular weight excluding hydrogens is 248 g/mol. The molecule has 12 heavy (non-hydrogen) atoms. The average molecular weight is 252 g/mol. The standard InChI is InChI=1S/C6H4BrClFN3/c7-3-1-4(9)5(8)12-6(3)11-2-10/h1-2H,(H2,10,11,12). The molecule has 3 nitrogen and oxygen atoms in total. The van der Waals surface area contributed by atoms with Gasteiger partial charge in [0.25, 0.3) is 0 Å². The van der Waals surface area contributed by atoms with Crippen LogP contribution in [0.15, 0.2) is 10.5 Å². The van der Waals surface area contributed by atoms with Gasteiger partial charge in [-0.3, -0.25) is 5.41 Å². The minimum absolute atomic E-state index is 0.220. The molecule has 64 valence electrons. The molecule has 1 rings (SSSR count). The second kappa shape index (κ2) is 3.82. The molecule has 0 aromatic carbocycles. The number of anilines is 1. The topological polar surface area (TPSA) is 48.8 Å². The molecule has 0 unspecified atom stereocenters. The van der Waals surface area contributed by atoms with Crippen LogP contribution in [0.5, 0.6) is 0 Å². The third-order valence-electron chi connectivity index (χ3n) is 1.10. The normalized spacial score (nSPS) is 9.58. The molecule has 0 fully saturated rings. The average Bonchev–Trinajstić information content (AvgIpc) is 2.01. The highest BCUT2D eigenvalue weighted by Crippen LogP contribution is 2.24. The molecule has 1 aromatic rings. The maximum Gasteiger partial charge on any atom is 0.167 e. The second-order valence-corrected chi connectivity index (χ2v) is 3.09. The van der Waals surface area contributed by atoms with E-state index in [-0.39, 0.29) is 5.15 Å². The quantitative estimate of drug-likeness (QED) is 0.483. The van der Waals surface area contributed by atoms with E-state index in [4.69, 9.17) is 17.0 Å². The predicted molar refractivity (Wildman–Crippen MR) is 49.3 cm³/mol. The van der Waals surface area contributed by atoms with Crippen molar-refractivity contribution >= 4 is 39.7 Å². The van der Waals surface area contributed by atoms with Crippen LogP contribution in [0.2, 0.25) is 5.15 Å². The van der Waals surface area contributed by atoms with Crippen LogP contribution in [0.1, 0.15) is 0 Å². The Labute approximate surface area is 81.6 Å². The number of aromatic nitrogens is 1. The summed E-state index contributed by atoms with van der Waals surface area (Å²) in [6.07, 6.45) is 0.932. The SMILES string of the molecule is N=CNc1nc(Cl)c(F)cc1Br. The summed E-state index contributed by atoms with van der Waals surface area (Å²) in [6.45, 7) is 0. The number of halogens is 3. The second-order valence-electron chi connectivity index (χ2n) is 1.88. The maximum absolute atomic E-state index is 12.7. The van der Waals surface area contributed by atoms with Crippen molar-refractivity contribution in [3.63, 3.8) is 0 Å². The molecule has 2 N–H and O–H groups in total. The zero-order valence-corrected chi connectivity index (χ0v) is 8.08. The third kappa shape index (κ3) is 1.92. The van der Waals surface area contributed by atoms with Gasteiger partial charge in [-0.25, -0.2) is 9.37 Å². The largest absolute Gasteiger partial charge is 0.331 e. The van der Waals surface area contributed by atoms with Crippen molar-refractivity contribution in [1.82, 2.24) is 4.98 Å². The van der Waals surface area contributed by atoms with Gasteiger partial charge >= 0.3 is 0 Å². The highest BCUT2D eigenvalue weighted by atomic mass is 79.9. The molecule has 0 radical (unpaired) electrons. The van der Waals surface area contributed by atoms with Gasteiger partial charge in [-0.05, 0) is 22.0 Å². The molecule has 0 bridgehead atoms. The van der Waals surface area contributed by atoms with Crippen molar-refractivity contribution in [3.8, 4) is 0 Å². The molecule has 0 spiro atoms. The van der Waals surface area contributed by atoms with Crippen molar-refractivity contribution in [1.29, 1.82) is 5.41 Å². The first kappa shape index (κ1) is 9.41. The Morgan fingerprint density at radius 3 is 3.00 bits per heavy atom. The molecule has 0 saturated carbocycles. The van der Waals surface area contributed by atoms with Crippen molar-refractivity contribution in [3.05, 3.63) is 21.5 Å². The summed E-state index contributed by atoms with van der Waals surface area (Å²) in [5, 5.41) is 8.98. The lowest BCUT2D eigenvalue weighted by Gasteiger charge is -2.02. The fourth-order valence-corrected chi connectivity index (χ4v) is 1.16. The van der Waals surface area contributed by atoms with Crippen molar-refractivity contribution < 1.29 is 4.39 Å². The minimum Gasteiger partial charge on any atom is -0.331 e. The first-order valence-electron chi connectivity index (χ1n) is 2.92. The van der Waals surface area contributed by atoms with E-state index < -0.39 is 5.82 Å². The fourth-order valence-electron chi connectivity index (χ4n) is 0.614. The Hall–Kier alpha value is -0.680. The highest BCUT2D eigenvalue weighted by Gasteiger charge is 2.06. The molecule has 0 amide bonds. The van der Waals surface area contributed by atoms with Gasteiger partial charge in [0.15, 0.2) is 11.0 Å². The zero-order valence-electron chi connectivity index (χ0n) is 5.74. The molecule has 6 heteroatoms. The first-order chi connectivity index (χ1) is 5.65. The predicted octanol–water partition coefficient (Wildman–Crippen LogP) is 2.66. The fraction of sp³-hybridized carbons (Fsp3) is 0. The Morgan fingerprint density at radius 1 is 1.75 bits per heavy atom. The van der Waals surface area contributed by atoms with Crippen molar-refractivity contribution in [2.75, 3.05) is 5.32 Å². The van der Waals surface area contributed by atoms with Gasteiger partial charge < -0.3 is 5.32 Å². The highest BCUT2D eigenvalue weighted by molar-refractivity contribution is 9.10. The van der Waals surface area contributed by atoms with E-state index in [0.29, 0.717) is 10.3 Å². The van der Waals surface area contributed by atoms with Gasteiger partial charge in [0.1, 0.15) is 5.82 Å². The van der Waals surface area contributed by atoms with Gasteiger partial charge in [0.2, 0.25) is 0 Å². The summed E-state index contributed by atoms with van der Waals surface area (Å²) in [4.78, 5) is 3.64. The Balaban J connectivity index is 3.13. The summed E-state index contributed by atoms with van der Waals surface area (Å²) in [5.41, 5.74) is 0. The van der Waals surface area contributed by atoms with Gasteiger partial charge in [-0.1, -0.05) is 11.6 Å². The lowest BCUT2D eigenvalue weighted by molar-refractivity contribution is 0.621. The summed E-state index contributed by atoms with van der Waals surface area (Å²) in [5.74, 6) is -0.282. The molecule has 1 heterocycles. The molecule has 1 aromatic heterocycles. The van der Waals surface area contributed by atoms with Crippen LogP contribution >= 0.6 is 27.5 Å². The van der Waals surface area contributed by atoms with Crippen molar-refractivity contribution in [2.45, 2.75) is 0 Å². The molecule has 0 atom stereocenters.